The Balaban J connectivity index is 1.93. The fourth-order valence-electron chi connectivity index (χ4n) is 2.58. The topological polar surface area (TPSA) is 79.7 Å². The Morgan fingerprint density at radius 3 is 2.37 bits per heavy atom. The van der Waals surface area contributed by atoms with Crippen LogP contribution >= 0.6 is 11.8 Å². The summed E-state index contributed by atoms with van der Waals surface area (Å²) in [5.74, 6) is 0.644. The first-order chi connectivity index (χ1) is 13.0. The third-order valence-corrected chi connectivity index (χ3v) is 5.36. The van der Waals surface area contributed by atoms with Crippen molar-refractivity contribution >= 4 is 23.7 Å². The smallest absolute Gasteiger partial charge is 0.200 e. The van der Waals surface area contributed by atoms with Gasteiger partial charge in [0.05, 0.1) is 30.5 Å². The van der Waals surface area contributed by atoms with Crippen LogP contribution in [0.2, 0.25) is 0 Å². The van der Waals surface area contributed by atoms with E-state index in [1.54, 1.807) is 30.1 Å². The molecule has 0 amide bonds. The van der Waals surface area contributed by atoms with Gasteiger partial charge in [-0.1, -0.05) is 23.9 Å². The van der Waals surface area contributed by atoms with Gasteiger partial charge < -0.3 is 14.6 Å². The molecule has 3 aromatic rings. The maximum absolute atomic E-state index is 10.0. The molecule has 0 bridgehead atoms. The summed E-state index contributed by atoms with van der Waals surface area (Å²) in [7, 11) is 2.99. The number of benzene rings is 2. The molecule has 0 aliphatic heterocycles. The normalized spacial score (nSPS) is 11.1. The number of aromatic nitrogens is 2. The first-order valence-corrected chi connectivity index (χ1v) is 9.12. The average molecular weight is 383 g/mol. The minimum Gasteiger partial charge on any atom is -0.502 e. The lowest BCUT2D eigenvalue weighted by Gasteiger charge is -2.09. The molecule has 140 valence electrons. The highest BCUT2D eigenvalue weighted by Crippen LogP contribution is 2.39. The number of hydrogen-bond acceptors (Lipinski definition) is 6. The molecule has 0 atom stereocenters. The standard InChI is InChI=1S/C20H21N3O3S/c1-12-20(13(2)23-22-12)27-18-8-6-5-7-15(18)21-11-14-9-16(25-3)19(24)17(10-14)26-4/h5-11,24H,1-4H3,(H,22,23). The van der Waals surface area contributed by atoms with Crippen LogP contribution in [-0.2, 0) is 0 Å². The molecule has 0 aliphatic rings. The summed E-state index contributed by atoms with van der Waals surface area (Å²) in [4.78, 5) is 6.76. The van der Waals surface area contributed by atoms with Gasteiger partial charge >= 0.3 is 0 Å². The number of phenolic OH excluding ortho intramolecular Hbond substituents is 1. The van der Waals surface area contributed by atoms with E-state index < -0.39 is 0 Å². The van der Waals surface area contributed by atoms with Crippen molar-refractivity contribution in [3.8, 4) is 17.2 Å². The SMILES string of the molecule is COc1cc(C=Nc2ccccc2Sc2c(C)n[nH]c2C)cc(OC)c1O. The van der Waals surface area contributed by atoms with Crippen LogP contribution in [0.1, 0.15) is 17.0 Å². The largest absolute Gasteiger partial charge is 0.502 e. The Labute approximate surface area is 162 Å². The molecule has 0 spiro atoms. The molecule has 0 unspecified atom stereocenters. The summed E-state index contributed by atoms with van der Waals surface area (Å²) in [6.07, 6.45) is 1.72. The number of aromatic hydroxyl groups is 1. The predicted octanol–water partition coefficient (Wildman–Crippen LogP) is 4.65. The van der Waals surface area contributed by atoms with Crippen LogP contribution < -0.4 is 9.47 Å². The van der Waals surface area contributed by atoms with E-state index in [1.807, 2.05) is 38.1 Å². The number of phenols is 1. The van der Waals surface area contributed by atoms with Gasteiger partial charge in [-0.25, -0.2) is 0 Å². The number of aryl methyl sites for hydroxylation is 2. The van der Waals surface area contributed by atoms with Crippen molar-refractivity contribution < 1.29 is 14.6 Å². The van der Waals surface area contributed by atoms with Crippen LogP contribution in [0, 0.1) is 13.8 Å². The molecule has 2 N–H and O–H groups in total. The second kappa shape index (κ2) is 8.18. The van der Waals surface area contributed by atoms with Crippen molar-refractivity contribution in [3.05, 3.63) is 53.3 Å². The Kier molecular flexibility index (Phi) is 5.71. The molecule has 0 fully saturated rings. The fourth-order valence-corrected chi connectivity index (χ4v) is 3.57. The Hall–Kier alpha value is -2.93. The third-order valence-electron chi connectivity index (χ3n) is 3.99. The zero-order chi connectivity index (χ0) is 19.4. The number of nitrogens with zero attached hydrogens (tertiary/aromatic N) is 2. The Bertz CT molecular complexity index is 938. The van der Waals surface area contributed by atoms with Gasteiger partial charge in [0.2, 0.25) is 5.75 Å². The summed E-state index contributed by atoms with van der Waals surface area (Å²) in [6.45, 7) is 3.98. The molecule has 1 heterocycles. The number of aromatic amines is 1. The number of H-pyrrole nitrogens is 1. The van der Waals surface area contributed by atoms with Gasteiger partial charge in [0.25, 0.3) is 0 Å². The molecule has 2 aromatic carbocycles. The van der Waals surface area contributed by atoms with Gasteiger partial charge in [-0.3, -0.25) is 10.1 Å². The quantitative estimate of drug-likeness (QED) is 0.606. The summed E-state index contributed by atoms with van der Waals surface area (Å²) in [6, 6.07) is 11.3. The second-order valence-electron chi connectivity index (χ2n) is 5.87. The molecule has 3 rings (SSSR count). The summed E-state index contributed by atoms with van der Waals surface area (Å²) in [5, 5.41) is 17.3. The molecule has 0 aliphatic carbocycles. The maximum Gasteiger partial charge on any atom is 0.200 e. The molecule has 6 nitrogen and oxygen atoms in total. The number of aliphatic imine (C=N–C) groups is 1. The lowest BCUT2D eigenvalue weighted by atomic mass is 10.2. The van der Waals surface area contributed by atoms with E-state index in [2.05, 4.69) is 15.2 Å². The van der Waals surface area contributed by atoms with E-state index in [-0.39, 0.29) is 5.75 Å². The summed E-state index contributed by atoms with van der Waals surface area (Å²) in [5.41, 5.74) is 3.60. The zero-order valence-electron chi connectivity index (χ0n) is 15.6. The molecule has 27 heavy (non-hydrogen) atoms. The highest BCUT2D eigenvalue weighted by Gasteiger charge is 2.12. The maximum atomic E-state index is 10.0. The van der Waals surface area contributed by atoms with E-state index in [1.165, 1.54) is 14.2 Å². The van der Waals surface area contributed by atoms with E-state index in [0.717, 1.165) is 32.4 Å². The number of para-hydroxylation sites is 1. The number of rotatable bonds is 6. The van der Waals surface area contributed by atoms with Gasteiger partial charge in [-0.2, -0.15) is 5.10 Å². The first-order valence-electron chi connectivity index (χ1n) is 8.31. The number of nitrogens with one attached hydrogen (secondary N) is 1. The van der Waals surface area contributed by atoms with Crippen molar-refractivity contribution in [2.45, 2.75) is 23.6 Å². The second-order valence-corrected chi connectivity index (χ2v) is 6.92. The molecule has 0 saturated heterocycles. The summed E-state index contributed by atoms with van der Waals surface area (Å²) >= 11 is 1.63. The van der Waals surface area contributed by atoms with Crippen LogP contribution in [0.15, 0.2) is 51.2 Å². The number of ether oxygens (including phenoxy) is 2. The molecular weight excluding hydrogens is 362 g/mol. The predicted molar refractivity (Wildman–Crippen MR) is 107 cm³/mol. The van der Waals surface area contributed by atoms with E-state index in [4.69, 9.17) is 9.47 Å². The minimum absolute atomic E-state index is 0.0287. The van der Waals surface area contributed by atoms with Crippen LogP contribution in [0.25, 0.3) is 0 Å². The highest BCUT2D eigenvalue weighted by molar-refractivity contribution is 7.99. The van der Waals surface area contributed by atoms with E-state index >= 15 is 0 Å². The third kappa shape index (κ3) is 4.09. The van der Waals surface area contributed by atoms with Crippen molar-refractivity contribution in [3.63, 3.8) is 0 Å². The van der Waals surface area contributed by atoms with Crippen LogP contribution in [0.5, 0.6) is 17.2 Å². The minimum atomic E-state index is -0.0287. The highest BCUT2D eigenvalue weighted by atomic mass is 32.2. The van der Waals surface area contributed by atoms with Crippen molar-refractivity contribution in [1.29, 1.82) is 0 Å². The van der Waals surface area contributed by atoms with Gasteiger partial charge in [-0.15, -0.1) is 0 Å². The molecule has 7 heteroatoms. The fraction of sp³-hybridized carbons (Fsp3) is 0.200. The van der Waals surface area contributed by atoms with Crippen LogP contribution in [-0.4, -0.2) is 35.7 Å². The van der Waals surface area contributed by atoms with Crippen LogP contribution in [0.4, 0.5) is 5.69 Å². The molecule has 0 saturated carbocycles. The van der Waals surface area contributed by atoms with Gasteiger partial charge in [0.15, 0.2) is 11.5 Å². The Morgan fingerprint density at radius 2 is 1.78 bits per heavy atom. The van der Waals surface area contributed by atoms with Crippen molar-refractivity contribution in [2.75, 3.05) is 14.2 Å². The number of hydrogen-bond donors (Lipinski definition) is 2. The van der Waals surface area contributed by atoms with E-state index in [0.29, 0.717) is 11.5 Å². The first kappa shape index (κ1) is 18.8. The van der Waals surface area contributed by atoms with Gasteiger partial charge in [-0.05, 0) is 38.1 Å². The van der Waals surface area contributed by atoms with Gasteiger partial charge in [0.1, 0.15) is 0 Å². The van der Waals surface area contributed by atoms with Crippen molar-refractivity contribution in [2.24, 2.45) is 4.99 Å². The summed E-state index contributed by atoms with van der Waals surface area (Å²) < 4.78 is 10.4. The molecule has 1 aromatic heterocycles. The van der Waals surface area contributed by atoms with Crippen molar-refractivity contribution in [1.82, 2.24) is 10.2 Å². The lowest BCUT2D eigenvalue weighted by Crippen LogP contribution is -1.92. The zero-order valence-corrected chi connectivity index (χ0v) is 16.4. The monoisotopic (exact) mass is 383 g/mol. The van der Waals surface area contributed by atoms with Gasteiger partial charge in [0, 0.05) is 22.4 Å². The molecule has 0 radical (unpaired) electrons. The molecular formula is C20H21N3O3S. The van der Waals surface area contributed by atoms with E-state index in [9.17, 15) is 5.11 Å². The Morgan fingerprint density at radius 1 is 1.11 bits per heavy atom. The lowest BCUT2D eigenvalue weighted by molar-refractivity contribution is 0.340. The van der Waals surface area contributed by atoms with Crippen LogP contribution in [0.3, 0.4) is 0 Å². The number of methoxy groups -OCH3 is 2. The average Bonchev–Trinajstić information content (AvgIpc) is 3.00.